The SMILES string of the molecule is CCOC(c1ccccc1)C(O)Cc1ccc(CC)s1. The molecule has 108 valence electrons. The first-order valence-electron chi connectivity index (χ1n) is 7.16. The normalized spacial score (nSPS) is 14.2. The summed E-state index contributed by atoms with van der Waals surface area (Å²) in [4.78, 5) is 2.58. The minimum Gasteiger partial charge on any atom is -0.390 e. The van der Waals surface area contributed by atoms with Gasteiger partial charge in [-0.05, 0) is 31.0 Å². The van der Waals surface area contributed by atoms with Gasteiger partial charge < -0.3 is 9.84 Å². The molecule has 1 aromatic heterocycles. The number of aliphatic hydroxyl groups excluding tert-OH is 1. The standard InChI is InChI=1S/C17H22O2S/c1-3-14-10-11-15(20-14)12-16(18)17(19-4-2)13-8-6-5-7-9-13/h5-11,16-18H,3-4,12H2,1-2H3. The van der Waals surface area contributed by atoms with Crippen molar-refractivity contribution in [2.45, 2.75) is 38.9 Å². The zero-order valence-corrected chi connectivity index (χ0v) is 12.9. The van der Waals surface area contributed by atoms with E-state index >= 15 is 0 Å². The fraction of sp³-hybridized carbons (Fsp3) is 0.412. The number of benzene rings is 1. The topological polar surface area (TPSA) is 29.5 Å². The number of thiophene rings is 1. The smallest absolute Gasteiger partial charge is 0.109 e. The lowest BCUT2D eigenvalue weighted by Gasteiger charge is -2.23. The van der Waals surface area contributed by atoms with Crippen molar-refractivity contribution in [1.29, 1.82) is 0 Å². The molecule has 1 heterocycles. The van der Waals surface area contributed by atoms with Gasteiger partial charge in [-0.3, -0.25) is 0 Å². The molecule has 1 N–H and O–H groups in total. The van der Waals surface area contributed by atoms with E-state index in [-0.39, 0.29) is 6.10 Å². The average Bonchev–Trinajstić information content (AvgIpc) is 2.93. The summed E-state index contributed by atoms with van der Waals surface area (Å²) in [5.41, 5.74) is 1.04. The molecule has 2 nitrogen and oxygen atoms in total. The van der Waals surface area contributed by atoms with Crippen LogP contribution in [-0.4, -0.2) is 17.8 Å². The van der Waals surface area contributed by atoms with Crippen LogP contribution in [0.1, 0.15) is 35.3 Å². The zero-order valence-electron chi connectivity index (χ0n) is 12.1. The molecule has 0 aliphatic carbocycles. The molecule has 0 radical (unpaired) electrons. The van der Waals surface area contributed by atoms with Crippen LogP contribution in [0.15, 0.2) is 42.5 Å². The first kappa shape index (κ1) is 15.2. The van der Waals surface area contributed by atoms with E-state index < -0.39 is 6.10 Å². The molecule has 1 aromatic carbocycles. The highest BCUT2D eigenvalue weighted by Gasteiger charge is 2.22. The minimum atomic E-state index is -0.513. The van der Waals surface area contributed by atoms with E-state index in [9.17, 15) is 5.11 Å². The molecule has 0 fully saturated rings. The summed E-state index contributed by atoms with van der Waals surface area (Å²) in [6.07, 6.45) is 0.924. The molecule has 20 heavy (non-hydrogen) atoms. The van der Waals surface area contributed by atoms with E-state index in [2.05, 4.69) is 19.1 Å². The van der Waals surface area contributed by atoms with Crippen molar-refractivity contribution >= 4 is 11.3 Å². The zero-order chi connectivity index (χ0) is 14.4. The number of aliphatic hydroxyl groups is 1. The van der Waals surface area contributed by atoms with E-state index in [0.29, 0.717) is 13.0 Å². The van der Waals surface area contributed by atoms with Crippen molar-refractivity contribution in [3.05, 3.63) is 57.8 Å². The monoisotopic (exact) mass is 290 g/mol. The van der Waals surface area contributed by atoms with Crippen LogP contribution in [-0.2, 0) is 17.6 Å². The highest BCUT2D eigenvalue weighted by atomic mass is 32.1. The average molecular weight is 290 g/mol. The second-order valence-corrected chi connectivity index (χ2v) is 6.03. The Kier molecular flexibility index (Phi) is 5.77. The van der Waals surface area contributed by atoms with E-state index in [4.69, 9.17) is 4.74 Å². The van der Waals surface area contributed by atoms with Gasteiger partial charge in [0.2, 0.25) is 0 Å². The summed E-state index contributed by atoms with van der Waals surface area (Å²) in [6.45, 7) is 4.71. The van der Waals surface area contributed by atoms with Gasteiger partial charge in [-0.2, -0.15) is 0 Å². The van der Waals surface area contributed by atoms with Crippen LogP contribution in [0.2, 0.25) is 0 Å². The van der Waals surface area contributed by atoms with E-state index in [1.807, 2.05) is 37.3 Å². The number of aryl methyl sites for hydroxylation is 1. The highest BCUT2D eigenvalue weighted by molar-refractivity contribution is 7.11. The van der Waals surface area contributed by atoms with Gasteiger partial charge in [0.15, 0.2) is 0 Å². The predicted octanol–water partition coefficient (Wildman–Crippen LogP) is 3.99. The molecule has 0 saturated carbocycles. The Hall–Kier alpha value is -1.16. The molecule has 2 unspecified atom stereocenters. The maximum absolute atomic E-state index is 10.5. The van der Waals surface area contributed by atoms with Gasteiger partial charge >= 0.3 is 0 Å². The molecule has 2 aromatic rings. The van der Waals surface area contributed by atoms with Gasteiger partial charge in [0, 0.05) is 22.8 Å². The van der Waals surface area contributed by atoms with Crippen molar-refractivity contribution in [3.63, 3.8) is 0 Å². The fourth-order valence-corrected chi connectivity index (χ4v) is 3.29. The Labute approximate surface area is 125 Å². The molecule has 0 amide bonds. The van der Waals surface area contributed by atoms with Gasteiger partial charge in [-0.1, -0.05) is 37.3 Å². The Bertz CT molecular complexity index is 507. The summed E-state index contributed by atoms with van der Waals surface area (Å²) in [6, 6.07) is 14.2. The number of rotatable bonds is 7. The van der Waals surface area contributed by atoms with Crippen molar-refractivity contribution in [3.8, 4) is 0 Å². The van der Waals surface area contributed by atoms with Gasteiger partial charge in [0.1, 0.15) is 6.10 Å². The molecule has 0 aliphatic rings. The van der Waals surface area contributed by atoms with Crippen LogP contribution in [0.4, 0.5) is 0 Å². The summed E-state index contributed by atoms with van der Waals surface area (Å²) in [7, 11) is 0. The first-order valence-corrected chi connectivity index (χ1v) is 7.98. The second-order valence-electron chi connectivity index (χ2n) is 4.78. The summed E-state index contributed by atoms with van der Waals surface area (Å²) in [5, 5.41) is 10.5. The molecule has 0 aliphatic heterocycles. The van der Waals surface area contributed by atoms with Crippen LogP contribution in [0.5, 0.6) is 0 Å². The number of ether oxygens (including phenoxy) is 1. The van der Waals surface area contributed by atoms with Crippen molar-refractivity contribution in [2.24, 2.45) is 0 Å². The van der Waals surface area contributed by atoms with E-state index in [1.54, 1.807) is 11.3 Å². The number of hydrogen-bond donors (Lipinski definition) is 1. The third kappa shape index (κ3) is 3.92. The lowest BCUT2D eigenvalue weighted by atomic mass is 10.0. The van der Waals surface area contributed by atoms with Crippen LogP contribution >= 0.6 is 11.3 Å². The van der Waals surface area contributed by atoms with Crippen molar-refractivity contribution < 1.29 is 9.84 Å². The molecular formula is C17H22O2S. The van der Waals surface area contributed by atoms with Gasteiger partial charge in [-0.15, -0.1) is 11.3 Å². The summed E-state index contributed by atoms with van der Waals surface area (Å²) in [5.74, 6) is 0. The number of hydrogen-bond acceptors (Lipinski definition) is 3. The Morgan fingerprint density at radius 3 is 2.35 bits per heavy atom. The fourth-order valence-electron chi connectivity index (χ4n) is 2.29. The van der Waals surface area contributed by atoms with E-state index in [0.717, 1.165) is 12.0 Å². The quantitative estimate of drug-likeness (QED) is 0.835. The van der Waals surface area contributed by atoms with Crippen LogP contribution in [0.3, 0.4) is 0 Å². The molecule has 0 saturated heterocycles. The maximum atomic E-state index is 10.5. The molecule has 2 atom stereocenters. The largest absolute Gasteiger partial charge is 0.390 e. The van der Waals surface area contributed by atoms with Crippen LogP contribution < -0.4 is 0 Å². The Morgan fingerprint density at radius 2 is 1.75 bits per heavy atom. The van der Waals surface area contributed by atoms with Crippen molar-refractivity contribution in [1.82, 2.24) is 0 Å². The van der Waals surface area contributed by atoms with E-state index in [1.165, 1.54) is 9.75 Å². The molecule has 0 bridgehead atoms. The Balaban J connectivity index is 2.08. The third-order valence-electron chi connectivity index (χ3n) is 3.30. The first-order chi connectivity index (χ1) is 9.74. The van der Waals surface area contributed by atoms with Crippen LogP contribution in [0, 0.1) is 0 Å². The Morgan fingerprint density at radius 1 is 1.05 bits per heavy atom. The van der Waals surface area contributed by atoms with Gasteiger partial charge in [0.05, 0.1) is 6.10 Å². The summed E-state index contributed by atoms with van der Waals surface area (Å²) >= 11 is 1.78. The third-order valence-corrected chi connectivity index (χ3v) is 4.55. The lowest BCUT2D eigenvalue weighted by molar-refractivity contribution is -0.0336. The highest BCUT2D eigenvalue weighted by Crippen LogP contribution is 2.26. The van der Waals surface area contributed by atoms with Crippen molar-refractivity contribution in [2.75, 3.05) is 6.61 Å². The maximum Gasteiger partial charge on any atom is 0.109 e. The van der Waals surface area contributed by atoms with Gasteiger partial charge in [-0.25, -0.2) is 0 Å². The minimum absolute atomic E-state index is 0.256. The lowest BCUT2D eigenvalue weighted by Crippen LogP contribution is -2.23. The summed E-state index contributed by atoms with van der Waals surface area (Å²) < 4.78 is 5.75. The molecule has 2 rings (SSSR count). The molecular weight excluding hydrogens is 268 g/mol. The van der Waals surface area contributed by atoms with Gasteiger partial charge in [0.25, 0.3) is 0 Å². The van der Waals surface area contributed by atoms with Crippen LogP contribution in [0.25, 0.3) is 0 Å². The second kappa shape index (κ2) is 7.58. The molecule has 3 heteroatoms. The predicted molar refractivity (Wildman–Crippen MR) is 84.2 cm³/mol. The molecule has 0 spiro atoms.